The van der Waals surface area contributed by atoms with Crippen LogP contribution < -0.4 is 0 Å². The third-order valence-electron chi connectivity index (χ3n) is 3.62. The fourth-order valence-corrected chi connectivity index (χ4v) is 2.51. The lowest BCUT2D eigenvalue weighted by Gasteiger charge is -2.30. The van der Waals surface area contributed by atoms with Gasteiger partial charge in [-0.1, -0.05) is 0 Å². The fourth-order valence-electron chi connectivity index (χ4n) is 2.51. The topological polar surface area (TPSA) is 60.2 Å². The summed E-state index contributed by atoms with van der Waals surface area (Å²) in [6.45, 7) is 6.81. The molecule has 6 nitrogen and oxygen atoms in total. The maximum Gasteiger partial charge on any atom is 0.308 e. The molecular weight excluding hydrogens is 244 g/mol. The lowest BCUT2D eigenvalue weighted by molar-refractivity contribution is -0.147. The minimum absolute atomic E-state index is 0.0595. The highest BCUT2D eigenvalue weighted by molar-refractivity contribution is 5.72. The molecule has 1 aromatic heterocycles. The zero-order valence-corrected chi connectivity index (χ0v) is 11.9. The lowest BCUT2D eigenvalue weighted by atomic mass is 9.97. The quantitative estimate of drug-likeness (QED) is 0.767. The van der Waals surface area contributed by atoms with E-state index in [9.17, 15) is 4.79 Å². The number of carbonyl (C=O) groups is 1. The van der Waals surface area contributed by atoms with Crippen LogP contribution in [0, 0.1) is 5.92 Å². The Morgan fingerprint density at radius 3 is 2.74 bits per heavy atom. The van der Waals surface area contributed by atoms with Crippen molar-refractivity contribution in [2.24, 2.45) is 5.92 Å². The van der Waals surface area contributed by atoms with E-state index in [-0.39, 0.29) is 11.9 Å². The van der Waals surface area contributed by atoms with Crippen LogP contribution in [-0.4, -0.2) is 45.8 Å². The Hall–Kier alpha value is -1.43. The molecule has 6 heteroatoms. The van der Waals surface area contributed by atoms with Crippen molar-refractivity contribution in [1.82, 2.24) is 19.7 Å². The molecule has 1 saturated heterocycles. The van der Waals surface area contributed by atoms with Crippen LogP contribution in [0.3, 0.4) is 0 Å². The zero-order chi connectivity index (χ0) is 13.8. The molecule has 1 aromatic rings. The van der Waals surface area contributed by atoms with Crippen molar-refractivity contribution in [3.05, 3.63) is 12.2 Å². The molecule has 2 rings (SSSR count). The van der Waals surface area contributed by atoms with E-state index in [2.05, 4.69) is 28.8 Å². The van der Waals surface area contributed by atoms with Crippen LogP contribution in [0.4, 0.5) is 0 Å². The number of piperidine rings is 1. The molecule has 0 spiro atoms. The van der Waals surface area contributed by atoms with Crippen LogP contribution in [0.15, 0.2) is 6.33 Å². The van der Waals surface area contributed by atoms with Gasteiger partial charge in [-0.3, -0.25) is 9.69 Å². The largest absolute Gasteiger partial charge is 0.469 e. The molecule has 19 heavy (non-hydrogen) atoms. The SMILES string of the molecule is COC(=O)C1CCN(Cc2ncnn2C(C)C)CC1. The highest BCUT2D eigenvalue weighted by Crippen LogP contribution is 2.20. The van der Waals surface area contributed by atoms with Crippen LogP contribution in [-0.2, 0) is 16.1 Å². The number of ether oxygens (including phenoxy) is 1. The number of rotatable bonds is 4. The smallest absolute Gasteiger partial charge is 0.308 e. The van der Waals surface area contributed by atoms with Gasteiger partial charge >= 0.3 is 5.97 Å². The Morgan fingerprint density at radius 1 is 1.47 bits per heavy atom. The molecular formula is C13H22N4O2. The summed E-state index contributed by atoms with van der Waals surface area (Å²) in [6.07, 6.45) is 3.33. The van der Waals surface area contributed by atoms with Gasteiger partial charge in [-0.25, -0.2) is 9.67 Å². The summed E-state index contributed by atoms with van der Waals surface area (Å²) in [7, 11) is 1.46. The van der Waals surface area contributed by atoms with Crippen LogP contribution in [0.1, 0.15) is 38.6 Å². The number of hydrogen-bond donors (Lipinski definition) is 0. The van der Waals surface area contributed by atoms with E-state index in [0.29, 0.717) is 6.04 Å². The van der Waals surface area contributed by atoms with Crippen molar-refractivity contribution in [1.29, 1.82) is 0 Å². The summed E-state index contributed by atoms with van der Waals surface area (Å²) >= 11 is 0. The molecule has 0 aliphatic carbocycles. The van der Waals surface area contributed by atoms with Crippen molar-refractivity contribution in [3.63, 3.8) is 0 Å². The zero-order valence-electron chi connectivity index (χ0n) is 11.9. The van der Waals surface area contributed by atoms with Gasteiger partial charge in [0.05, 0.1) is 19.6 Å². The van der Waals surface area contributed by atoms with E-state index in [0.717, 1.165) is 38.3 Å². The predicted molar refractivity (Wildman–Crippen MR) is 70.4 cm³/mol. The van der Waals surface area contributed by atoms with Crippen molar-refractivity contribution in [2.75, 3.05) is 20.2 Å². The third kappa shape index (κ3) is 3.32. The summed E-state index contributed by atoms with van der Waals surface area (Å²) in [5, 5.41) is 4.24. The molecule has 0 saturated carbocycles. The first kappa shape index (κ1) is 14.0. The summed E-state index contributed by atoms with van der Waals surface area (Å²) in [5.41, 5.74) is 0. The Morgan fingerprint density at radius 2 is 2.16 bits per heavy atom. The first-order valence-electron chi connectivity index (χ1n) is 6.80. The summed E-state index contributed by atoms with van der Waals surface area (Å²) < 4.78 is 6.75. The molecule has 1 aliphatic rings. The molecule has 0 N–H and O–H groups in total. The molecule has 0 radical (unpaired) electrons. The second kappa shape index (κ2) is 6.14. The standard InChI is InChI=1S/C13H22N4O2/c1-10(2)17-12(14-9-15-17)8-16-6-4-11(5-7-16)13(18)19-3/h9-11H,4-8H2,1-3H3. The van der Waals surface area contributed by atoms with Crippen molar-refractivity contribution >= 4 is 5.97 Å². The molecule has 0 bridgehead atoms. The van der Waals surface area contributed by atoms with E-state index in [1.165, 1.54) is 7.11 Å². The van der Waals surface area contributed by atoms with Crippen LogP contribution in [0.5, 0.6) is 0 Å². The Balaban J connectivity index is 1.89. The summed E-state index contributed by atoms with van der Waals surface area (Å²) in [4.78, 5) is 18.1. The van der Waals surface area contributed by atoms with Gasteiger partial charge in [-0.05, 0) is 39.8 Å². The Kier molecular flexibility index (Phi) is 4.52. The minimum Gasteiger partial charge on any atom is -0.469 e. The van der Waals surface area contributed by atoms with Crippen LogP contribution in [0.2, 0.25) is 0 Å². The summed E-state index contributed by atoms with van der Waals surface area (Å²) in [5.74, 6) is 0.973. The molecule has 1 fully saturated rings. The molecule has 106 valence electrons. The monoisotopic (exact) mass is 266 g/mol. The summed E-state index contributed by atoms with van der Waals surface area (Å²) in [6, 6.07) is 0.324. The van der Waals surface area contributed by atoms with Gasteiger partial charge < -0.3 is 4.74 Å². The number of aromatic nitrogens is 3. The fraction of sp³-hybridized carbons (Fsp3) is 0.769. The average Bonchev–Trinajstić information content (AvgIpc) is 2.87. The van der Waals surface area contributed by atoms with Crippen molar-refractivity contribution < 1.29 is 9.53 Å². The van der Waals surface area contributed by atoms with Gasteiger partial charge in [0.25, 0.3) is 0 Å². The molecule has 0 atom stereocenters. The number of carbonyl (C=O) groups excluding carboxylic acids is 1. The van der Waals surface area contributed by atoms with Gasteiger partial charge in [0, 0.05) is 6.04 Å². The number of hydrogen-bond acceptors (Lipinski definition) is 5. The molecule has 0 aromatic carbocycles. The van der Waals surface area contributed by atoms with E-state index in [1.54, 1.807) is 6.33 Å². The normalized spacial score (nSPS) is 17.9. The highest BCUT2D eigenvalue weighted by Gasteiger charge is 2.26. The minimum atomic E-state index is -0.0787. The highest BCUT2D eigenvalue weighted by atomic mass is 16.5. The van der Waals surface area contributed by atoms with Gasteiger partial charge in [0.15, 0.2) is 0 Å². The third-order valence-corrected chi connectivity index (χ3v) is 3.62. The second-order valence-corrected chi connectivity index (χ2v) is 5.29. The van der Waals surface area contributed by atoms with Crippen LogP contribution in [0.25, 0.3) is 0 Å². The number of nitrogens with zero attached hydrogens (tertiary/aromatic N) is 4. The van der Waals surface area contributed by atoms with E-state index < -0.39 is 0 Å². The van der Waals surface area contributed by atoms with Crippen molar-refractivity contribution in [2.45, 2.75) is 39.3 Å². The van der Waals surface area contributed by atoms with Gasteiger partial charge in [0.1, 0.15) is 12.2 Å². The first-order valence-corrected chi connectivity index (χ1v) is 6.80. The lowest BCUT2D eigenvalue weighted by Crippen LogP contribution is -2.37. The number of esters is 1. The molecule has 0 amide bonds. The number of methoxy groups -OCH3 is 1. The van der Waals surface area contributed by atoms with E-state index in [4.69, 9.17) is 4.74 Å². The first-order chi connectivity index (χ1) is 9.11. The second-order valence-electron chi connectivity index (χ2n) is 5.29. The maximum atomic E-state index is 11.5. The van der Waals surface area contributed by atoms with Gasteiger partial charge in [-0.2, -0.15) is 5.10 Å². The van der Waals surface area contributed by atoms with Gasteiger partial charge in [0.2, 0.25) is 0 Å². The Labute approximate surface area is 113 Å². The molecule has 2 heterocycles. The maximum absolute atomic E-state index is 11.5. The molecule has 1 aliphatic heterocycles. The van der Waals surface area contributed by atoms with Crippen LogP contribution >= 0.6 is 0 Å². The van der Waals surface area contributed by atoms with Gasteiger partial charge in [-0.15, -0.1) is 0 Å². The van der Waals surface area contributed by atoms with E-state index >= 15 is 0 Å². The van der Waals surface area contributed by atoms with E-state index in [1.807, 2.05) is 4.68 Å². The number of likely N-dealkylation sites (tertiary alicyclic amines) is 1. The average molecular weight is 266 g/mol. The predicted octanol–water partition coefficient (Wildman–Crippen LogP) is 1.24. The van der Waals surface area contributed by atoms with Crippen molar-refractivity contribution in [3.8, 4) is 0 Å². The molecule has 0 unspecified atom stereocenters. The Bertz CT molecular complexity index is 422.